The monoisotopic (exact) mass is 193 g/mol. The third kappa shape index (κ3) is 2.40. The minimum atomic E-state index is -0.331. The number of hydrogen-bond donors (Lipinski definition) is 1. The summed E-state index contributed by atoms with van der Waals surface area (Å²) in [6, 6.07) is 6.36. The van der Waals surface area contributed by atoms with Crippen LogP contribution in [-0.2, 0) is 4.84 Å². The van der Waals surface area contributed by atoms with Crippen molar-refractivity contribution >= 4 is 11.7 Å². The van der Waals surface area contributed by atoms with Crippen LogP contribution in [0.5, 0.6) is 0 Å². The van der Waals surface area contributed by atoms with Crippen molar-refractivity contribution in [2.75, 3.05) is 7.11 Å². The Hall–Kier alpha value is -1.68. The fraction of sp³-hybridized carbons (Fsp3) is 0.200. The quantitative estimate of drug-likeness (QED) is 0.579. The fourth-order valence-electron chi connectivity index (χ4n) is 1.01. The third-order valence-electron chi connectivity index (χ3n) is 1.75. The molecule has 0 aliphatic rings. The summed E-state index contributed by atoms with van der Waals surface area (Å²) in [7, 11) is 1.36. The van der Waals surface area contributed by atoms with E-state index in [0.717, 1.165) is 0 Å². The average Bonchev–Trinajstić information content (AvgIpc) is 2.18. The van der Waals surface area contributed by atoms with Crippen molar-refractivity contribution in [3.63, 3.8) is 0 Å². The number of Topliss-reactive ketones (excluding diaryl/α,β-unsaturated/α-hetero) is 1. The first-order chi connectivity index (χ1) is 6.65. The van der Waals surface area contributed by atoms with Crippen molar-refractivity contribution in [1.29, 1.82) is 0 Å². The van der Waals surface area contributed by atoms with Gasteiger partial charge in [-0.25, -0.2) is 5.48 Å². The second kappa shape index (κ2) is 4.53. The van der Waals surface area contributed by atoms with Crippen LogP contribution < -0.4 is 5.48 Å². The molecule has 0 aliphatic carbocycles. The van der Waals surface area contributed by atoms with Gasteiger partial charge in [-0.15, -0.1) is 0 Å². The van der Waals surface area contributed by atoms with Crippen LogP contribution in [0.1, 0.15) is 27.6 Å². The van der Waals surface area contributed by atoms with Crippen LogP contribution in [0, 0.1) is 0 Å². The van der Waals surface area contributed by atoms with E-state index in [-0.39, 0.29) is 11.7 Å². The molecular formula is C10H11NO3. The molecule has 0 bridgehead atoms. The third-order valence-corrected chi connectivity index (χ3v) is 1.75. The smallest absolute Gasteiger partial charge is 0.274 e. The van der Waals surface area contributed by atoms with Crippen molar-refractivity contribution in [3.8, 4) is 0 Å². The molecule has 0 radical (unpaired) electrons. The number of benzene rings is 1. The molecule has 1 N–H and O–H groups in total. The van der Waals surface area contributed by atoms with Gasteiger partial charge in [0.25, 0.3) is 5.91 Å². The zero-order chi connectivity index (χ0) is 10.6. The summed E-state index contributed by atoms with van der Waals surface area (Å²) in [6.07, 6.45) is 0. The van der Waals surface area contributed by atoms with Crippen molar-refractivity contribution in [2.45, 2.75) is 6.92 Å². The Morgan fingerprint density at radius 2 is 1.64 bits per heavy atom. The molecule has 1 aromatic carbocycles. The van der Waals surface area contributed by atoms with Crippen LogP contribution >= 0.6 is 0 Å². The summed E-state index contributed by atoms with van der Waals surface area (Å²) in [5.74, 6) is -0.355. The Bertz CT molecular complexity index is 343. The van der Waals surface area contributed by atoms with E-state index in [4.69, 9.17) is 0 Å². The largest absolute Gasteiger partial charge is 0.295 e. The van der Waals surface area contributed by atoms with Gasteiger partial charge in [0.05, 0.1) is 7.11 Å². The topological polar surface area (TPSA) is 55.4 Å². The number of nitrogens with one attached hydrogen (secondary N) is 1. The number of carbonyl (C=O) groups is 2. The van der Waals surface area contributed by atoms with Crippen LogP contribution in [0.3, 0.4) is 0 Å². The number of hydroxylamine groups is 1. The summed E-state index contributed by atoms with van der Waals surface area (Å²) in [4.78, 5) is 26.6. The highest BCUT2D eigenvalue weighted by Gasteiger charge is 2.05. The maximum absolute atomic E-state index is 11.2. The van der Waals surface area contributed by atoms with Crippen molar-refractivity contribution < 1.29 is 14.4 Å². The molecule has 0 aromatic heterocycles. The minimum Gasteiger partial charge on any atom is -0.295 e. The highest BCUT2D eigenvalue weighted by atomic mass is 16.6. The first-order valence-electron chi connectivity index (χ1n) is 4.09. The van der Waals surface area contributed by atoms with Crippen molar-refractivity contribution in [1.82, 2.24) is 5.48 Å². The first-order valence-corrected chi connectivity index (χ1v) is 4.09. The van der Waals surface area contributed by atoms with Gasteiger partial charge in [-0.1, -0.05) is 12.1 Å². The number of rotatable bonds is 3. The Morgan fingerprint density at radius 1 is 1.14 bits per heavy atom. The summed E-state index contributed by atoms with van der Waals surface area (Å²) in [6.45, 7) is 1.48. The van der Waals surface area contributed by atoms with E-state index in [1.165, 1.54) is 14.0 Å². The number of hydrogen-bond acceptors (Lipinski definition) is 3. The van der Waals surface area contributed by atoms with Crippen LogP contribution in [0.4, 0.5) is 0 Å². The van der Waals surface area contributed by atoms with Gasteiger partial charge >= 0.3 is 0 Å². The molecule has 0 aliphatic heterocycles. The van der Waals surface area contributed by atoms with Gasteiger partial charge in [0.1, 0.15) is 0 Å². The molecule has 74 valence electrons. The van der Waals surface area contributed by atoms with E-state index in [2.05, 4.69) is 10.3 Å². The lowest BCUT2D eigenvalue weighted by Crippen LogP contribution is -2.21. The molecule has 1 amide bonds. The standard InChI is InChI=1S/C10H11NO3/c1-7(12)8-3-5-9(6-4-8)10(13)11-14-2/h3-6H,1-2H3,(H,11,13). The predicted molar refractivity (Wildman–Crippen MR) is 50.9 cm³/mol. The second-order valence-corrected chi connectivity index (χ2v) is 2.77. The molecule has 4 nitrogen and oxygen atoms in total. The van der Waals surface area contributed by atoms with Crippen LogP contribution in [0.2, 0.25) is 0 Å². The zero-order valence-corrected chi connectivity index (χ0v) is 8.03. The summed E-state index contributed by atoms with van der Waals surface area (Å²) < 4.78 is 0. The number of ketones is 1. The minimum absolute atomic E-state index is 0.0244. The molecule has 0 unspecified atom stereocenters. The van der Waals surface area contributed by atoms with Gasteiger partial charge < -0.3 is 0 Å². The molecule has 0 heterocycles. The van der Waals surface area contributed by atoms with Gasteiger partial charge in [-0.2, -0.15) is 0 Å². The molecule has 0 spiro atoms. The Kier molecular flexibility index (Phi) is 3.36. The maximum Gasteiger partial charge on any atom is 0.274 e. The number of carbonyl (C=O) groups excluding carboxylic acids is 2. The zero-order valence-electron chi connectivity index (χ0n) is 8.03. The normalized spacial score (nSPS) is 9.57. The highest BCUT2D eigenvalue weighted by molar-refractivity contribution is 5.97. The summed E-state index contributed by atoms with van der Waals surface area (Å²) in [5.41, 5.74) is 3.22. The van der Waals surface area contributed by atoms with E-state index >= 15 is 0 Å². The van der Waals surface area contributed by atoms with Crippen LogP contribution in [-0.4, -0.2) is 18.8 Å². The van der Waals surface area contributed by atoms with Crippen LogP contribution in [0.15, 0.2) is 24.3 Å². The van der Waals surface area contributed by atoms with E-state index < -0.39 is 0 Å². The lowest BCUT2D eigenvalue weighted by molar-refractivity contribution is 0.0537. The van der Waals surface area contributed by atoms with E-state index in [9.17, 15) is 9.59 Å². The highest BCUT2D eigenvalue weighted by Crippen LogP contribution is 2.04. The van der Waals surface area contributed by atoms with Crippen molar-refractivity contribution in [3.05, 3.63) is 35.4 Å². The lowest BCUT2D eigenvalue weighted by atomic mass is 10.1. The second-order valence-electron chi connectivity index (χ2n) is 2.77. The summed E-state index contributed by atoms with van der Waals surface area (Å²) in [5, 5.41) is 0. The van der Waals surface area contributed by atoms with Gasteiger partial charge in [0.2, 0.25) is 0 Å². The molecule has 0 saturated carbocycles. The SMILES string of the molecule is CONC(=O)c1ccc(C(C)=O)cc1. The predicted octanol–water partition coefficient (Wildman–Crippen LogP) is 1.18. The molecule has 1 rings (SSSR count). The number of amides is 1. The molecule has 0 saturated heterocycles. The Balaban J connectivity index is 2.83. The van der Waals surface area contributed by atoms with E-state index in [0.29, 0.717) is 11.1 Å². The summed E-state index contributed by atoms with van der Waals surface area (Å²) >= 11 is 0. The van der Waals surface area contributed by atoms with Crippen LogP contribution in [0.25, 0.3) is 0 Å². The Morgan fingerprint density at radius 3 is 2.07 bits per heavy atom. The molecule has 0 atom stereocenters. The van der Waals surface area contributed by atoms with Crippen molar-refractivity contribution in [2.24, 2.45) is 0 Å². The lowest BCUT2D eigenvalue weighted by Gasteiger charge is -2.02. The van der Waals surface area contributed by atoms with Gasteiger partial charge in [-0.05, 0) is 19.1 Å². The van der Waals surface area contributed by atoms with E-state index in [1.54, 1.807) is 24.3 Å². The van der Waals surface area contributed by atoms with E-state index in [1.807, 2.05) is 0 Å². The van der Waals surface area contributed by atoms with Gasteiger partial charge in [0.15, 0.2) is 5.78 Å². The molecule has 4 heteroatoms. The average molecular weight is 193 g/mol. The van der Waals surface area contributed by atoms with Gasteiger partial charge in [-0.3, -0.25) is 14.4 Å². The Labute approximate surface area is 81.8 Å². The maximum atomic E-state index is 11.2. The van der Waals surface area contributed by atoms with Gasteiger partial charge in [0, 0.05) is 11.1 Å². The molecule has 0 fully saturated rings. The molecule has 14 heavy (non-hydrogen) atoms. The first kappa shape index (κ1) is 10.4. The molecular weight excluding hydrogens is 182 g/mol. The fourth-order valence-corrected chi connectivity index (χ4v) is 1.01. The molecule has 1 aromatic rings.